The number of aliphatic hydroxyl groups excluding tert-OH is 1. The molecular weight excluding hydrogens is 456 g/mol. The summed E-state index contributed by atoms with van der Waals surface area (Å²) in [7, 11) is 5.63. The zero-order chi connectivity index (χ0) is 26.2. The number of carbonyl (C=O) groups excluding carboxylic acids is 2. The molecule has 1 aromatic carbocycles. The van der Waals surface area contributed by atoms with Crippen molar-refractivity contribution in [2.75, 3.05) is 47.4 Å². The quantitative estimate of drug-likeness (QED) is 0.595. The van der Waals surface area contributed by atoms with E-state index in [1.165, 1.54) is 0 Å². The van der Waals surface area contributed by atoms with Crippen LogP contribution in [0.25, 0.3) is 0 Å². The number of nitrogens with zero attached hydrogens (tertiary/aromatic N) is 4. The molecule has 3 rings (SSSR count). The molecule has 0 saturated carbocycles. The normalized spacial score (nSPS) is 18.3. The number of aliphatic hydroxyl groups is 1. The molecule has 0 bridgehead atoms. The maximum absolute atomic E-state index is 13.5. The van der Waals surface area contributed by atoms with Gasteiger partial charge >= 0.3 is 0 Å². The molecule has 0 spiro atoms. The van der Waals surface area contributed by atoms with E-state index in [2.05, 4.69) is 16.8 Å². The fraction of sp³-hybridized carbons (Fsp3) is 0.464. The van der Waals surface area contributed by atoms with E-state index in [0.29, 0.717) is 37.2 Å². The molecule has 0 unspecified atom stereocenters. The molecule has 192 valence electrons. The van der Waals surface area contributed by atoms with Crippen LogP contribution in [-0.4, -0.2) is 96.1 Å². The molecule has 8 nitrogen and oxygen atoms in total. The molecule has 1 N–H and O–H groups in total. The maximum Gasteiger partial charge on any atom is 0.259 e. The molecule has 8 heteroatoms. The van der Waals surface area contributed by atoms with E-state index >= 15 is 0 Å². The van der Waals surface area contributed by atoms with Gasteiger partial charge in [-0.25, -0.2) is 4.98 Å². The van der Waals surface area contributed by atoms with Crippen LogP contribution >= 0.6 is 0 Å². The van der Waals surface area contributed by atoms with E-state index in [1.54, 1.807) is 29.1 Å². The van der Waals surface area contributed by atoms with Crippen molar-refractivity contribution in [3.05, 3.63) is 59.3 Å². The molecule has 1 aliphatic heterocycles. The number of pyridine rings is 1. The van der Waals surface area contributed by atoms with Crippen molar-refractivity contribution in [3.8, 4) is 17.7 Å². The fourth-order valence-electron chi connectivity index (χ4n) is 3.97. The van der Waals surface area contributed by atoms with Gasteiger partial charge in [-0.05, 0) is 32.6 Å². The number of fused-ring (bicyclic) bond motifs is 1. The van der Waals surface area contributed by atoms with Gasteiger partial charge in [0, 0.05) is 31.3 Å². The molecule has 2 aromatic rings. The summed E-state index contributed by atoms with van der Waals surface area (Å²) in [4.78, 5) is 36.1. The lowest BCUT2D eigenvalue weighted by molar-refractivity contribution is -0.130. The first-order valence-electron chi connectivity index (χ1n) is 12.2. The molecule has 0 radical (unpaired) electrons. The molecule has 0 fully saturated rings. The second kappa shape index (κ2) is 12.5. The van der Waals surface area contributed by atoms with Crippen molar-refractivity contribution in [2.24, 2.45) is 5.92 Å². The first-order chi connectivity index (χ1) is 17.2. The van der Waals surface area contributed by atoms with Crippen LogP contribution < -0.4 is 4.74 Å². The third-order valence-electron chi connectivity index (χ3n) is 6.23. The fourth-order valence-corrected chi connectivity index (χ4v) is 3.97. The van der Waals surface area contributed by atoms with Gasteiger partial charge < -0.3 is 19.6 Å². The van der Waals surface area contributed by atoms with E-state index in [-0.39, 0.29) is 36.3 Å². The Bertz CT molecular complexity index is 1110. The molecular formula is C28H36N4O4. The monoisotopic (exact) mass is 492 g/mol. The van der Waals surface area contributed by atoms with E-state index in [0.717, 1.165) is 5.56 Å². The van der Waals surface area contributed by atoms with Crippen LogP contribution in [-0.2, 0) is 11.2 Å². The number of benzene rings is 1. The van der Waals surface area contributed by atoms with Crippen LogP contribution in [0.4, 0.5) is 0 Å². The average molecular weight is 493 g/mol. The van der Waals surface area contributed by atoms with Crippen molar-refractivity contribution in [1.82, 2.24) is 19.7 Å². The van der Waals surface area contributed by atoms with Crippen LogP contribution in [0, 0.1) is 17.8 Å². The summed E-state index contributed by atoms with van der Waals surface area (Å²) in [5.74, 6) is 5.94. The van der Waals surface area contributed by atoms with Crippen molar-refractivity contribution in [3.63, 3.8) is 0 Å². The Balaban J connectivity index is 1.87. The maximum atomic E-state index is 13.5. The van der Waals surface area contributed by atoms with Crippen LogP contribution in [0.2, 0.25) is 0 Å². The zero-order valence-corrected chi connectivity index (χ0v) is 21.8. The van der Waals surface area contributed by atoms with Gasteiger partial charge in [0.05, 0.1) is 32.2 Å². The summed E-state index contributed by atoms with van der Waals surface area (Å²) in [6.07, 6.45) is 1.50. The van der Waals surface area contributed by atoms with Crippen molar-refractivity contribution < 1.29 is 19.4 Å². The molecule has 1 aliphatic rings. The van der Waals surface area contributed by atoms with Crippen LogP contribution in [0.15, 0.2) is 42.6 Å². The molecule has 1 aromatic heterocycles. The minimum absolute atomic E-state index is 0.0181. The van der Waals surface area contributed by atoms with Crippen LogP contribution in [0.5, 0.6) is 5.88 Å². The Morgan fingerprint density at radius 1 is 1.28 bits per heavy atom. The summed E-state index contributed by atoms with van der Waals surface area (Å²) in [5.41, 5.74) is 1.87. The first kappa shape index (κ1) is 27.2. The Labute approximate surface area is 213 Å². The van der Waals surface area contributed by atoms with Gasteiger partial charge in [0.25, 0.3) is 5.91 Å². The van der Waals surface area contributed by atoms with Gasteiger partial charge in [-0.3, -0.25) is 14.5 Å². The van der Waals surface area contributed by atoms with Crippen molar-refractivity contribution >= 4 is 11.8 Å². The van der Waals surface area contributed by atoms with Gasteiger partial charge in [-0.15, -0.1) is 0 Å². The number of rotatable bonds is 7. The number of hydrogen-bond donors (Lipinski definition) is 1. The summed E-state index contributed by atoms with van der Waals surface area (Å²) in [6.45, 7) is 4.93. The van der Waals surface area contributed by atoms with Gasteiger partial charge in [-0.2, -0.15) is 0 Å². The third kappa shape index (κ3) is 7.06. The SMILES string of the molecule is C[C@H](CO)N1C[C@H](C)[C@@H](CN(C)C(=O)Cc2ccccc2)Oc2ncc(C#CCN(C)C)cc2C1=O. The Hall–Kier alpha value is -3.41. The smallest absolute Gasteiger partial charge is 0.259 e. The predicted molar refractivity (Wildman–Crippen MR) is 139 cm³/mol. The van der Waals surface area contributed by atoms with Crippen molar-refractivity contribution in [2.45, 2.75) is 32.4 Å². The van der Waals surface area contributed by atoms with Crippen LogP contribution in [0.1, 0.15) is 35.3 Å². The second-order valence-corrected chi connectivity index (χ2v) is 9.68. The number of likely N-dealkylation sites (N-methyl/N-ethyl adjacent to an activating group) is 1. The molecule has 0 aliphatic carbocycles. The lowest BCUT2D eigenvalue weighted by Gasteiger charge is -2.37. The van der Waals surface area contributed by atoms with Gasteiger partial charge in [0.2, 0.25) is 11.8 Å². The zero-order valence-electron chi connectivity index (χ0n) is 21.8. The van der Waals surface area contributed by atoms with Gasteiger partial charge in [-0.1, -0.05) is 49.1 Å². The Kier molecular flexibility index (Phi) is 9.45. The second-order valence-electron chi connectivity index (χ2n) is 9.68. The number of carbonyl (C=O) groups is 2. The highest BCUT2D eigenvalue weighted by molar-refractivity contribution is 5.97. The Morgan fingerprint density at radius 3 is 2.67 bits per heavy atom. The molecule has 0 saturated heterocycles. The lowest BCUT2D eigenvalue weighted by atomic mass is 9.99. The van der Waals surface area contributed by atoms with Gasteiger partial charge in [0.1, 0.15) is 11.7 Å². The van der Waals surface area contributed by atoms with E-state index in [4.69, 9.17) is 4.74 Å². The third-order valence-corrected chi connectivity index (χ3v) is 6.23. The topological polar surface area (TPSA) is 86.2 Å². The molecule has 2 amide bonds. The van der Waals surface area contributed by atoms with Crippen LogP contribution in [0.3, 0.4) is 0 Å². The number of ether oxygens (including phenoxy) is 1. The summed E-state index contributed by atoms with van der Waals surface area (Å²) >= 11 is 0. The largest absolute Gasteiger partial charge is 0.472 e. The minimum atomic E-state index is -0.395. The van der Waals surface area contributed by atoms with E-state index in [9.17, 15) is 14.7 Å². The number of amides is 2. The highest BCUT2D eigenvalue weighted by atomic mass is 16.5. The molecule has 2 heterocycles. The summed E-state index contributed by atoms with van der Waals surface area (Å²) < 4.78 is 6.28. The van der Waals surface area contributed by atoms with E-state index in [1.807, 2.05) is 63.2 Å². The van der Waals surface area contributed by atoms with E-state index < -0.39 is 6.10 Å². The molecule has 3 atom stereocenters. The van der Waals surface area contributed by atoms with Crippen molar-refractivity contribution in [1.29, 1.82) is 0 Å². The lowest BCUT2D eigenvalue weighted by Crippen LogP contribution is -2.50. The predicted octanol–water partition coefficient (Wildman–Crippen LogP) is 1.92. The summed E-state index contributed by atoms with van der Waals surface area (Å²) in [5, 5.41) is 9.83. The average Bonchev–Trinajstić information content (AvgIpc) is 2.86. The highest BCUT2D eigenvalue weighted by Crippen LogP contribution is 2.27. The number of hydrogen-bond acceptors (Lipinski definition) is 6. The summed E-state index contributed by atoms with van der Waals surface area (Å²) in [6, 6.07) is 10.9. The minimum Gasteiger partial charge on any atom is -0.472 e. The molecule has 36 heavy (non-hydrogen) atoms. The van der Waals surface area contributed by atoms with Gasteiger partial charge in [0.15, 0.2) is 0 Å². The highest BCUT2D eigenvalue weighted by Gasteiger charge is 2.34. The number of aromatic nitrogens is 1. The first-order valence-corrected chi connectivity index (χ1v) is 12.2. The standard InChI is InChI=1S/C28H36N4O4/c1-20-17-32(21(2)19-33)28(35)24-14-23(12-9-13-30(3)4)16-29-27(24)36-25(20)18-31(5)26(34)15-22-10-7-6-8-11-22/h6-8,10-11,14,16,20-21,25,33H,13,15,17-19H2,1-5H3/t20-,21+,25+/m0/s1. The Morgan fingerprint density at radius 2 is 2.00 bits per heavy atom.